The van der Waals surface area contributed by atoms with E-state index in [0.717, 1.165) is 32.6 Å². The van der Waals surface area contributed by atoms with Crippen molar-refractivity contribution in [3.05, 3.63) is 65.2 Å². The molecule has 0 atom stereocenters. The monoisotopic (exact) mass is 464 g/mol. The normalized spacial score (nSPS) is 15.6. The van der Waals surface area contributed by atoms with Crippen molar-refractivity contribution in [2.24, 2.45) is 5.41 Å². The molecule has 0 saturated carbocycles. The van der Waals surface area contributed by atoms with E-state index in [2.05, 4.69) is 0 Å². The van der Waals surface area contributed by atoms with Crippen molar-refractivity contribution >= 4 is 38.7 Å². The molecule has 0 aromatic heterocycles. The van der Waals surface area contributed by atoms with Crippen LogP contribution in [-0.4, -0.2) is 46.6 Å². The van der Waals surface area contributed by atoms with Gasteiger partial charge in [0.25, 0.3) is 0 Å². The highest BCUT2D eigenvalue weighted by Crippen LogP contribution is 2.49. The Hall–Kier alpha value is -3.40. The number of methoxy groups -OCH3 is 2. The molecule has 0 heterocycles. The van der Waals surface area contributed by atoms with Crippen molar-refractivity contribution in [3.63, 3.8) is 0 Å². The molecule has 1 aliphatic rings. The summed E-state index contributed by atoms with van der Waals surface area (Å²) >= 11 is 0. The van der Waals surface area contributed by atoms with Gasteiger partial charge in [-0.2, -0.15) is 0 Å². The van der Waals surface area contributed by atoms with Gasteiger partial charge in [0.05, 0.1) is 19.1 Å². The van der Waals surface area contributed by atoms with E-state index in [4.69, 9.17) is 9.47 Å². The van der Waals surface area contributed by atoms with Gasteiger partial charge >= 0.3 is 11.9 Å². The van der Waals surface area contributed by atoms with Gasteiger partial charge in [0, 0.05) is 24.3 Å². The second kappa shape index (κ2) is 8.27. The molecular weight excluding hydrogens is 446 g/mol. The van der Waals surface area contributed by atoms with Gasteiger partial charge in [-0.3, -0.25) is 14.4 Å². The number of carbonyl (C=O) groups is 3. The van der Waals surface area contributed by atoms with Crippen LogP contribution in [0.2, 0.25) is 0 Å². The third kappa shape index (κ3) is 3.81. The number of carbonyl (C=O) groups excluding carboxylic acids is 3. The van der Waals surface area contributed by atoms with Gasteiger partial charge in [-0.15, -0.1) is 0 Å². The molecule has 0 N–H and O–H groups in total. The molecule has 1 aliphatic carbocycles. The third-order valence-corrected chi connectivity index (χ3v) is 6.34. The lowest BCUT2D eigenvalue weighted by Gasteiger charge is -2.22. The number of ketones is 1. The summed E-state index contributed by atoms with van der Waals surface area (Å²) in [5.74, 6) is -5.36. The van der Waals surface area contributed by atoms with Crippen LogP contribution in [0.4, 0.5) is 8.78 Å². The largest absolute Gasteiger partial charge is 0.468 e. The van der Waals surface area contributed by atoms with Gasteiger partial charge in [-0.25, -0.2) is 17.2 Å². The highest BCUT2D eigenvalue weighted by Gasteiger charge is 2.60. The topological polar surface area (TPSA) is 104 Å². The molecule has 0 spiro atoms. The fourth-order valence-corrected chi connectivity index (χ4v) is 4.33. The maximum Gasteiger partial charge on any atom is 0.331 e. The number of hydrogen-bond donors (Lipinski definition) is 0. The number of ether oxygens (including phenoxy) is 2. The summed E-state index contributed by atoms with van der Waals surface area (Å²) in [5.41, 5.74) is -2.49. The number of halogens is 2. The molecule has 0 bridgehead atoms. The Balaban J connectivity index is 2.31. The molecule has 0 unspecified atom stereocenters. The van der Waals surface area contributed by atoms with E-state index < -0.39 is 51.0 Å². The minimum absolute atomic E-state index is 0.00303. The van der Waals surface area contributed by atoms with Crippen LogP contribution < -0.4 is 0 Å². The molecule has 168 valence electrons. The number of sulfone groups is 1. The van der Waals surface area contributed by atoms with Crippen LogP contribution in [0.15, 0.2) is 47.4 Å². The minimum Gasteiger partial charge on any atom is -0.468 e. The summed E-state index contributed by atoms with van der Waals surface area (Å²) < 4.78 is 60.8. The second-order valence-electron chi connectivity index (χ2n) is 7.20. The Morgan fingerprint density at radius 1 is 0.906 bits per heavy atom. The molecule has 7 nitrogen and oxygen atoms in total. The Labute approximate surface area is 182 Å². The van der Waals surface area contributed by atoms with Gasteiger partial charge in [-0.1, -0.05) is 12.1 Å². The van der Waals surface area contributed by atoms with Crippen molar-refractivity contribution in [1.29, 1.82) is 0 Å². The van der Waals surface area contributed by atoms with Crippen LogP contribution in [0.3, 0.4) is 0 Å². The zero-order valence-corrected chi connectivity index (χ0v) is 18.1. The van der Waals surface area contributed by atoms with E-state index >= 15 is 0 Å². The van der Waals surface area contributed by atoms with E-state index in [1.165, 1.54) is 24.3 Å². The summed E-state index contributed by atoms with van der Waals surface area (Å²) in [4.78, 5) is 38.7. The molecule has 32 heavy (non-hydrogen) atoms. The van der Waals surface area contributed by atoms with E-state index in [1.807, 2.05) is 0 Å². The standard InChI is InChI=1S/C22H18F2O7S/c1-30-20(26)22(21(27)31-2)11-17(12-4-6-16(7-5-12)32(3,28)29)18(19(22)25)13-8-14(23)10-15(24)9-13/h4-10H,11H2,1-3H3. The highest BCUT2D eigenvalue weighted by molar-refractivity contribution is 7.90. The summed E-state index contributed by atoms with van der Waals surface area (Å²) in [6.07, 6.45) is 0.512. The first-order valence-corrected chi connectivity index (χ1v) is 11.1. The highest BCUT2D eigenvalue weighted by atomic mass is 32.2. The summed E-state index contributed by atoms with van der Waals surface area (Å²) in [7, 11) is -1.55. The first-order valence-electron chi connectivity index (χ1n) is 9.17. The molecule has 0 amide bonds. The lowest BCUT2D eigenvalue weighted by atomic mass is 9.81. The van der Waals surface area contributed by atoms with Crippen LogP contribution in [0, 0.1) is 17.0 Å². The van der Waals surface area contributed by atoms with Crippen LogP contribution in [0.1, 0.15) is 17.5 Å². The number of hydrogen-bond acceptors (Lipinski definition) is 7. The first-order chi connectivity index (χ1) is 14.9. The zero-order valence-electron chi connectivity index (χ0n) is 17.3. The van der Waals surface area contributed by atoms with Crippen LogP contribution in [0.5, 0.6) is 0 Å². The molecule has 3 rings (SSSR count). The van der Waals surface area contributed by atoms with Crippen molar-refractivity contribution in [3.8, 4) is 0 Å². The van der Waals surface area contributed by atoms with Crippen LogP contribution in [0.25, 0.3) is 11.1 Å². The van der Waals surface area contributed by atoms with E-state index in [1.54, 1.807) is 0 Å². The molecule has 0 fully saturated rings. The number of esters is 2. The second-order valence-corrected chi connectivity index (χ2v) is 9.22. The molecule has 2 aromatic rings. The molecule has 0 aliphatic heterocycles. The average molecular weight is 464 g/mol. The lowest BCUT2D eigenvalue weighted by molar-refractivity contribution is -0.169. The third-order valence-electron chi connectivity index (χ3n) is 5.21. The van der Waals surface area contributed by atoms with Gasteiger partial charge in [-0.05, 0) is 41.0 Å². The summed E-state index contributed by atoms with van der Waals surface area (Å²) in [6.45, 7) is 0. The van der Waals surface area contributed by atoms with Crippen molar-refractivity contribution in [1.82, 2.24) is 0 Å². The Morgan fingerprint density at radius 3 is 1.84 bits per heavy atom. The van der Waals surface area contributed by atoms with Crippen molar-refractivity contribution in [2.45, 2.75) is 11.3 Å². The number of Topliss-reactive ketones (excluding diaryl/α,β-unsaturated/α-hetero) is 1. The van der Waals surface area contributed by atoms with Gasteiger partial charge < -0.3 is 9.47 Å². The molecule has 2 aromatic carbocycles. The average Bonchev–Trinajstić information content (AvgIpc) is 3.05. The SMILES string of the molecule is COC(=O)C1(C(=O)OC)CC(c2ccc(S(C)(=O)=O)cc2)=C(c2cc(F)cc(F)c2)C1=O. The molecule has 10 heteroatoms. The van der Waals surface area contributed by atoms with Gasteiger partial charge in [0.2, 0.25) is 5.41 Å². The summed E-state index contributed by atoms with van der Waals surface area (Å²) in [6, 6.07) is 7.71. The van der Waals surface area contributed by atoms with Crippen LogP contribution in [-0.2, 0) is 33.7 Å². The lowest BCUT2D eigenvalue weighted by Crippen LogP contribution is -2.45. The maximum absolute atomic E-state index is 13.9. The first kappa shape index (κ1) is 23.3. The predicted octanol–water partition coefficient (Wildman–Crippen LogP) is 2.58. The smallest absolute Gasteiger partial charge is 0.331 e. The Morgan fingerprint density at radius 2 is 1.41 bits per heavy atom. The van der Waals surface area contributed by atoms with Gasteiger partial charge in [0.1, 0.15) is 11.6 Å². The minimum atomic E-state index is -3.52. The number of allylic oxidation sites excluding steroid dienone is 2. The fourth-order valence-electron chi connectivity index (χ4n) is 3.70. The molecular formula is C22H18F2O7S. The predicted molar refractivity (Wildman–Crippen MR) is 109 cm³/mol. The quantitative estimate of drug-likeness (QED) is 0.495. The van der Waals surface area contributed by atoms with Crippen molar-refractivity contribution in [2.75, 3.05) is 20.5 Å². The Bertz CT molecular complexity index is 1230. The summed E-state index contributed by atoms with van der Waals surface area (Å²) in [5, 5.41) is 0. The Kier molecular flexibility index (Phi) is 6.01. The maximum atomic E-state index is 13.9. The zero-order chi connectivity index (χ0) is 23.8. The van der Waals surface area contributed by atoms with E-state index in [0.29, 0.717) is 6.07 Å². The fraction of sp³-hybridized carbons (Fsp3) is 0.227. The molecule has 0 radical (unpaired) electrons. The molecule has 0 saturated heterocycles. The van der Waals surface area contributed by atoms with Crippen molar-refractivity contribution < 1.29 is 41.1 Å². The van der Waals surface area contributed by atoms with Gasteiger partial charge in [0.15, 0.2) is 15.6 Å². The van der Waals surface area contributed by atoms with E-state index in [9.17, 15) is 31.6 Å². The van der Waals surface area contributed by atoms with Crippen LogP contribution >= 0.6 is 0 Å². The van der Waals surface area contributed by atoms with E-state index in [-0.39, 0.29) is 27.2 Å². The number of rotatable bonds is 5. The number of benzene rings is 2.